The molecule has 3 heterocycles. The van der Waals surface area contributed by atoms with Crippen molar-refractivity contribution in [3.63, 3.8) is 0 Å². The van der Waals surface area contributed by atoms with E-state index in [-0.39, 0.29) is 18.1 Å². The molecule has 0 unspecified atom stereocenters. The number of piperidine rings is 1. The highest BCUT2D eigenvalue weighted by atomic mass is 127. The number of benzene rings is 1. The van der Waals surface area contributed by atoms with Gasteiger partial charge in [0.05, 0.1) is 22.3 Å². The van der Waals surface area contributed by atoms with Gasteiger partial charge in [0.1, 0.15) is 11.9 Å². The molecule has 2 saturated heterocycles. The third-order valence-corrected chi connectivity index (χ3v) is 6.98. The van der Waals surface area contributed by atoms with Gasteiger partial charge in [-0.3, -0.25) is 9.78 Å². The summed E-state index contributed by atoms with van der Waals surface area (Å²) in [4.78, 5) is 26.0. The van der Waals surface area contributed by atoms with E-state index in [9.17, 15) is 4.79 Å². The van der Waals surface area contributed by atoms with Gasteiger partial charge in [0.25, 0.3) is 5.91 Å². The second-order valence-corrected chi connectivity index (χ2v) is 8.72. The van der Waals surface area contributed by atoms with Gasteiger partial charge in [0, 0.05) is 36.4 Å². The zero-order valence-electron chi connectivity index (χ0n) is 15.2. The first-order chi connectivity index (χ1) is 13.0. The summed E-state index contributed by atoms with van der Waals surface area (Å²) in [7, 11) is 1.91. The number of ether oxygens (including phenoxy) is 1. The Bertz CT molecular complexity index is 851. The number of hydrogen-bond acceptors (Lipinski definition) is 5. The van der Waals surface area contributed by atoms with Crippen molar-refractivity contribution in [3.05, 3.63) is 26.9 Å². The van der Waals surface area contributed by atoms with Gasteiger partial charge in [-0.05, 0) is 60.4 Å². The smallest absolute Gasteiger partial charge is 0.251 e. The summed E-state index contributed by atoms with van der Waals surface area (Å²) in [6, 6.07) is 4.08. The topological polar surface area (TPSA) is 58.6 Å². The van der Waals surface area contributed by atoms with Crippen LogP contribution in [0, 0.1) is 3.57 Å². The van der Waals surface area contributed by atoms with Crippen LogP contribution in [0.3, 0.4) is 0 Å². The van der Waals surface area contributed by atoms with Gasteiger partial charge in [-0.2, -0.15) is 0 Å². The average molecular weight is 501 g/mol. The first-order valence-corrected chi connectivity index (χ1v) is 10.7. The van der Waals surface area contributed by atoms with Crippen molar-refractivity contribution in [2.24, 2.45) is 0 Å². The molecule has 1 atom stereocenters. The average Bonchev–Trinajstić information content (AvgIpc) is 3.22. The molecule has 8 heteroatoms. The summed E-state index contributed by atoms with van der Waals surface area (Å²) in [6.45, 7) is 2.42. The summed E-state index contributed by atoms with van der Waals surface area (Å²) in [5.74, 6) is 1.01. The summed E-state index contributed by atoms with van der Waals surface area (Å²) >= 11 is 8.38. The van der Waals surface area contributed by atoms with Crippen molar-refractivity contribution in [1.82, 2.24) is 14.9 Å². The molecule has 0 spiro atoms. The lowest BCUT2D eigenvalue weighted by Crippen LogP contribution is -2.48. The van der Waals surface area contributed by atoms with Crippen LogP contribution in [0.2, 0.25) is 5.02 Å². The number of rotatable bonds is 3. The van der Waals surface area contributed by atoms with Gasteiger partial charge in [-0.25, -0.2) is 4.98 Å². The molecule has 2 aromatic rings. The fourth-order valence-electron chi connectivity index (χ4n) is 3.81. The Labute approximate surface area is 177 Å². The van der Waals surface area contributed by atoms with Crippen LogP contribution in [0.5, 0.6) is 0 Å². The number of fused-ring (bicyclic) bond motifs is 1. The molecule has 0 aliphatic carbocycles. The predicted octanol–water partition coefficient (Wildman–Crippen LogP) is 3.49. The predicted molar refractivity (Wildman–Crippen MR) is 114 cm³/mol. The van der Waals surface area contributed by atoms with Crippen LogP contribution >= 0.6 is 34.2 Å². The number of carbonyl (C=O) groups is 1. The molecule has 1 aromatic heterocycles. The Morgan fingerprint density at radius 2 is 2.07 bits per heavy atom. The van der Waals surface area contributed by atoms with E-state index in [0.717, 1.165) is 59.2 Å². The summed E-state index contributed by atoms with van der Waals surface area (Å²) < 4.78 is 6.52. The van der Waals surface area contributed by atoms with Crippen LogP contribution in [0.15, 0.2) is 18.3 Å². The lowest BCUT2D eigenvalue weighted by molar-refractivity contribution is -0.142. The Balaban J connectivity index is 1.42. The van der Waals surface area contributed by atoms with Crippen molar-refractivity contribution in [3.8, 4) is 0 Å². The van der Waals surface area contributed by atoms with E-state index < -0.39 is 0 Å². The van der Waals surface area contributed by atoms with Crippen molar-refractivity contribution >= 4 is 57.0 Å². The van der Waals surface area contributed by atoms with Crippen molar-refractivity contribution in [1.29, 1.82) is 0 Å². The number of carbonyl (C=O) groups excluding carboxylic acids is 1. The van der Waals surface area contributed by atoms with E-state index in [1.807, 2.05) is 30.3 Å². The van der Waals surface area contributed by atoms with Gasteiger partial charge < -0.3 is 14.5 Å². The molecule has 1 aromatic carbocycles. The van der Waals surface area contributed by atoms with E-state index in [2.05, 4.69) is 32.5 Å². The molecular weight excluding hydrogens is 479 g/mol. The lowest BCUT2D eigenvalue weighted by Gasteiger charge is -2.37. The zero-order valence-corrected chi connectivity index (χ0v) is 18.1. The first kappa shape index (κ1) is 19.1. The maximum absolute atomic E-state index is 12.6. The molecule has 0 bridgehead atoms. The van der Waals surface area contributed by atoms with Crippen LogP contribution < -0.4 is 4.90 Å². The standard InChI is InChI=1S/C19H22ClIN4O2/c1-24(19(26)17-3-2-8-27-17)12-4-6-25(7-5-12)18-11-22-15-9-13(20)14(21)10-16(15)23-18/h9-12,17H,2-8H2,1H3/t17-/m1/s1. The summed E-state index contributed by atoms with van der Waals surface area (Å²) in [5.41, 5.74) is 1.66. The van der Waals surface area contributed by atoms with E-state index in [1.54, 1.807) is 0 Å². The number of hydrogen-bond donors (Lipinski definition) is 0. The fourth-order valence-corrected chi connectivity index (χ4v) is 4.42. The fraction of sp³-hybridized carbons (Fsp3) is 0.526. The second kappa shape index (κ2) is 8.05. The molecule has 6 nitrogen and oxygen atoms in total. The Morgan fingerprint density at radius 1 is 1.30 bits per heavy atom. The Hall–Kier alpha value is -1.19. The second-order valence-electron chi connectivity index (χ2n) is 7.15. The summed E-state index contributed by atoms with van der Waals surface area (Å²) in [6.07, 6.45) is 5.24. The first-order valence-electron chi connectivity index (χ1n) is 9.28. The molecule has 4 rings (SSSR count). The van der Waals surface area contributed by atoms with E-state index in [1.165, 1.54) is 0 Å². The van der Waals surface area contributed by atoms with E-state index in [0.29, 0.717) is 11.6 Å². The Morgan fingerprint density at radius 3 is 2.78 bits per heavy atom. The molecule has 1 amide bonds. The van der Waals surface area contributed by atoms with E-state index in [4.69, 9.17) is 21.3 Å². The highest BCUT2D eigenvalue weighted by Gasteiger charge is 2.32. The Kier molecular flexibility index (Phi) is 5.70. The third-order valence-electron chi connectivity index (χ3n) is 5.46. The normalized spacial score (nSPS) is 21.0. The molecule has 0 saturated carbocycles. The molecule has 2 aliphatic rings. The van der Waals surface area contributed by atoms with Crippen LogP contribution in [-0.4, -0.2) is 59.7 Å². The van der Waals surface area contributed by atoms with Crippen molar-refractivity contribution in [2.45, 2.75) is 37.8 Å². The molecular formula is C19H22ClIN4O2. The largest absolute Gasteiger partial charge is 0.368 e. The maximum atomic E-state index is 12.6. The number of amides is 1. The van der Waals surface area contributed by atoms with Crippen molar-refractivity contribution in [2.75, 3.05) is 31.6 Å². The lowest BCUT2D eigenvalue weighted by atomic mass is 10.0. The van der Waals surface area contributed by atoms with Crippen LogP contribution in [0.4, 0.5) is 5.82 Å². The minimum absolute atomic E-state index is 0.128. The minimum atomic E-state index is -0.242. The SMILES string of the molecule is CN(C(=O)[C@H]1CCCO1)C1CCN(c2cnc3cc(Cl)c(I)cc3n2)CC1. The summed E-state index contributed by atoms with van der Waals surface area (Å²) in [5, 5.41) is 0.699. The van der Waals surface area contributed by atoms with Gasteiger partial charge in [0.2, 0.25) is 0 Å². The monoisotopic (exact) mass is 500 g/mol. The highest BCUT2D eigenvalue weighted by molar-refractivity contribution is 14.1. The number of anilines is 1. The zero-order chi connectivity index (χ0) is 19.0. The van der Waals surface area contributed by atoms with Crippen molar-refractivity contribution < 1.29 is 9.53 Å². The molecule has 2 fully saturated rings. The van der Waals surface area contributed by atoms with Gasteiger partial charge >= 0.3 is 0 Å². The van der Waals surface area contributed by atoms with Crippen LogP contribution in [0.1, 0.15) is 25.7 Å². The van der Waals surface area contributed by atoms with Gasteiger partial charge in [0.15, 0.2) is 0 Å². The number of likely N-dealkylation sites (N-methyl/N-ethyl adjacent to an activating group) is 1. The number of nitrogens with zero attached hydrogens (tertiary/aromatic N) is 4. The number of halogens is 2. The van der Waals surface area contributed by atoms with Crippen LogP contribution in [0.25, 0.3) is 11.0 Å². The quantitative estimate of drug-likeness (QED) is 0.604. The molecule has 0 radical (unpaired) electrons. The maximum Gasteiger partial charge on any atom is 0.251 e. The molecule has 27 heavy (non-hydrogen) atoms. The highest BCUT2D eigenvalue weighted by Crippen LogP contribution is 2.27. The van der Waals surface area contributed by atoms with Crippen LogP contribution in [-0.2, 0) is 9.53 Å². The number of aromatic nitrogens is 2. The van der Waals surface area contributed by atoms with Gasteiger partial charge in [-0.1, -0.05) is 11.6 Å². The molecule has 0 N–H and O–H groups in total. The molecule has 144 valence electrons. The van der Waals surface area contributed by atoms with E-state index >= 15 is 0 Å². The minimum Gasteiger partial charge on any atom is -0.368 e. The third kappa shape index (κ3) is 4.00. The molecule has 2 aliphatic heterocycles. The van der Waals surface area contributed by atoms with Gasteiger partial charge in [-0.15, -0.1) is 0 Å².